The normalized spacial score (nSPS) is 36.6. The second-order valence-electron chi connectivity index (χ2n) is 7.20. The van der Waals surface area contributed by atoms with Crippen LogP contribution >= 0.6 is 0 Å². The smallest absolute Gasteiger partial charge is 0.213 e. The van der Waals surface area contributed by atoms with Crippen LogP contribution in [0.15, 0.2) is 6.07 Å². The third-order valence-electron chi connectivity index (χ3n) is 5.95. The van der Waals surface area contributed by atoms with Crippen molar-refractivity contribution in [2.75, 3.05) is 7.11 Å². The Morgan fingerprint density at radius 2 is 1.88 bits per heavy atom. The lowest BCUT2D eigenvalue weighted by atomic mass is 9.71. The number of phenolic OH excluding ortho intramolecular Hbond substituents is 1. The van der Waals surface area contributed by atoms with Crippen molar-refractivity contribution in [1.29, 1.82) is 0 Å². The highest BCUT2D eigenvalue weighted by Crippen LogP contribution is 2.57. The quantitative estimate of drug-likeness (QED) is 0.678. The van der Waals surface area contributed by atoms with E-state index in [0.717, 1.165) is 43.1 Å². The third-order valence-corrected chi connectivity index (χ3v) is 5.95. The number of ether oxygens (including phenoxy) is 2. The van der Waals surface area contributed by atoms with Crippen LogP contribution in [0.25, 0.3) is 0 Å². The maximum Gasteiger partial charge on any atom is 0.213 e. The monoisotopic (exact) mass is 336 g/mol. The molecule has 2 heterocycles. The summed E-state index contributed by atoms with van der Waals surface area (Å²) in [6, 6.07) is 1.65. The van der Waals surface area contributed by atoms with Gasteiger partial charge in [-0.2, -0.15) is 0 Å². The molecule has 4 rings (SSSR count). The van der Waals surface area contributed by atoms with Gasteiger partial charge in [0.1, 0.15) is 11.5 Å². The summed E-state index contributed by atoms with van der Waals surface area (Å²) in [4.78, 5) is 0. The minimum absolute atomic E-state index is 0.0219. The molecule has 0 bridgehead atoms. The molecule has 0 aromatic heterocycles. The predicted molar refractivity (Wildman–Crippen MR) is 90.2 cm³/mol. The van der Waals surface area contributed by atoms with Gasteiger partial charge in [0, 0.05) is 31.1 Å². The Labute approximate surface area is 143 Å². The fourth-order valence-corrected chi connectivity index (χ4v) is 4.55. The van der Waals surface area contributed by atoms with Gasteiger partial charge in [-0.05, 0) is 37.8 Å². The zero-order chi connectivity index (χ0) is 17.6. The van der Waals surface area contributed by atoms with Gasteiger partial charge >= 0.3 is 0 Å². The predicted octanol–water partition coefficient (Wildman–Crippen LogP) is 3.14. The molecular formula is C19H28O5. The van der Waals surface area contributed by atoms with Gasteiger partial charge in [-0.15, -0.1) is 0 Å². The van der Waals surface area contributed by atoms with Crippen molar-refractivity contribution < 1.29 is 24.8 Å². The summed E-state index contributed by atoms with van der Waals surface area (Å²) < 4.78 is 12.3. The van der Waals surface area contributed by atoms with Crippen LogP contribution in [0.2, 0.25) is 0 Å². The third kappa shape index (κ3) is 2.41. The Morgan fingerprint density at radius 1 is 1.17 bits per heavy atom. The van der Waals surface area contributed by atoms with Gasteiger partial charge in [0.15, 0.2) is 0 Å². The number of rotatable bonds is 0. The van der Waals surface area contributed by atoms with E-state index in [-0.39, 0.29) is 29.8 Å². The summed E-state index contributed by atoms with van der Waals surface area (Å²) >= 11 is 0. The van der Waals surface area contributed by atoms with Gasteiger partial charge in [-0.3, -0.25) is 0 Å². The molecule has 0 spiro atoms. The standard InChI is InChI=1S/C18H24O4.CH4O/c1-9-11(3)21-17-12-6-4-5-7-18(12,20)22-14-8-13(19)10(2)15(9)16(14)17;1-2/h8-9,11-12,17,19-20H,4-7H2,1-3H3;2H,1H3/t9-,11-,12+,17+,18-;/m1./s1. The second-order valence-corrected chi connectivity index (χ2v) is 7.20. The molecule has 1 aromatic carbocycles. The Bertz CT molecular complexity index is 629. The molecular weight excluding hydrogens is 308 g/mol. The highest BCUT2D eigenvalue weighted by atomic mass is 16.6. The van der Waals surface area contributed by atoms with Gasteiger partial charge in [-0.25, -0.2) is 0 Å². The summed E-state index contributed by atoms with van der Waals surface area (Å²) in [6.07, 6.45) is 3.55. The number of hydrogen-bond acceptors (Lipinski definition) is 5. The first-order valence-electron chi connectivity index (χ1n) is 8.80. The molecule has 0 radical (unpaired) electrons. The molecule has 3 N–H and O–H groups in total. The summed E-state index contributed by atoms with van der Waals surface area (Å²) in [5, 5.41) is 28.3. The lowest BCUT2D eigenvalue weighted by molar-refractivity contribution is -0.248. The zero-order valence-corrected chi connectivity index (χ0v) is 14.9. The van der Waals surface area contributed by atoms with Crippen molar-refractivity contribution in [2.45, 2.75) is 70.4 Å². The molecule has 0 amide bonds. The Morgan fingerprint density at radius 3 is 2.58 bits per heavy atom. The van der Waals surface area contributed by atoms with E-state index in [1.54, 1.807) is 6.07 Å². The molecule has 5 heteroatoms. The van der Waals surface area contributed by atoms with E-state index in [4.69, 9.17) is 14.6 Å². The number of benzene rings is 1. The van der Waals surface area contributed by atoms with E-state index in [1.165, 1.54) is 0 Å². The number of phenols is 1. The summed E-state index contributed by atoms with van der Waals surface area (Å²) in [5.41, 5.74) is 3.11. The molecule has 1 saturated carbocycles. The molecule has 3 aliphatic rings. The van der Waals surface area contributed by atoms with E-state index >= 15 is 0 Å². The van der Waals surface area contributed by atoms with Crippen molar-refractivity contribution in [3.05, 3.63) is 22.8 Å². The van der Waals surface area contributed by atoms with Crippen molar-refractivity contribution >= 4 is 0 Å². The van der Waals surface area contributed by atoms with E-state index in [1.807, 2.05) is 6.92 Å². The largest absolute Gasteiger partial charge is 0.508 e. The fourth-order valence-electron chi connectivity index (χ4n) is 4.55. The van der Waals surface area contributed by atoms with E-state index in [9.17, 15) is 10.2 Å². The van der Waals surface area contributed by atoms with E-state index in [0.29, 0.717) is 12.2 Å². The van der Waals surface area contributed by atoms with Gasteiger partial charge < -0.3 is 24.8 Å². The zero-order valence-electron chi connectivity index (χ0n) is 14.9. The average Bonchev–Trinajstić information content (AvgIpc) is 2.56. The van der Waals surface area contributed by atoms with Crippen molar-refractivity contribution in [3.63, 3.8) is 0 Å². The SMILES string of the molecule is CO.Cc1c(O)cc2c3c1[C@H](C)[C@@H](C)O[C@H]3[C@@H]1CCCC[C@@]1(O)O2. The van der Waals surface area contributed by atoms with E-state index < -0.39 is 5.79 Å². The molecule has 0 saturated heterocycles. The lowest BCUT2D eigenvalue weighted by Crippen LogP contribution is -2.53. The summed E-state index contributed by atoms with van der Waals surface area (Å²) in [6.45, 7) is 6.16. The number of hydrogen-bond donors (Lipinski definition) is 3. The highest BCUT2D eigenvalue weighted by molar-refractivity contribution is 5.56. The van der Waals surface area contributed by atoms with Crippen LogP contribution in [0.5, 0.6) is 11.5 Å². The first-order valence-corrected chi connectivity index (χ1v) is 8.80. The number of aliphatic hydroxyl groups excluding tert-OH is 1. The van der Waals surface area contributed by atoms with Gasteiger partial charge in [-0.1, -0.05) is 13.3 Å². The maximum absolute atomic E-state index is 11.0. The Balaban J connectivity index is 0.000000815. The minimum atomic E-state index is -1.16. The molecule has 24 heavy (non-hydrogen) atoms. The molecule has 0 unspecified atom stereocenters. The fraction of sp³-hybridized carbons (Fsp3) is 0.684. The Hall–Kier alpha value is -1.30. The van der Waals surface area contributed by atoms with Crippen LogP contribution in [-0.4, -0.2) is 34.3 Å². The van der Waals surface area contributed by atoms with Crippen LogP contribution in [-0.2, 0) is 4.74 Å². The van der Waals surface area contributed by atoms with Crippen molar-refractivity contribution in [2.24, 2.45) is 5.92 Å². The van der Waals surface area contributed by atoms with Crippen molar-refractivity contribution in [1.82, 2.24) is 0 Å². The first kappa shape index (κ1) is 17.5. The molecule has 1 aromatic rings. The van der Waals surface area contributed by atoms with Crippen LogP contribution in [0.1, 0.15) is 68.2 Å². The molecule has 1 fully saturated rings. The first-order chi connectivity index (χ1) is 11.4. The van der Waals surface area contributed by atoms with Crippen LogP contribution in [0.4, 0.5) is 0 Å². The Kier molecular flexibility index (Phi) is 4.53. The minimum Gasteiger partial charge on any atom is -0.508 e. The van der Waals surface area contributed by atoms with E-state index in [2.05, 4.69) is 13.8 Å². The molecule has 2 aliphatic heterocycles. The summed E-state index contributed by atoms with van der Waals surface area (Å²) in [7, 11) is 1.00. The highest BCUT2D eigenvalue weighted by Gasteiger charge is 2.54. The van der Waals surface area contributed by atoms with Gasteiger partial charge in [0.25, 0.3) is 0 Å². The number of aliphatic hydroxyl groups is 2. The van der Waals surface area contributed by atoms with Gasteiger partial charge in [0.05, 0.1) is 18.1 Å². The molecule has 5 atom stereocenters. The average molecular weight is 336 g/mol. The number of aromatic hydroxyl groups is 1. The molecule has 134 valence electrons. The van der Waals surface area contributed by atoms with Crippen LogP contribution in [0, 0.1) is 12.8 Å². The molecule has 5 nitrogen and oxygen atoms in total. The second kappa shape index (κ2) is 6.21. The maximum atomic E-state index is 11.0. The van der Waals surface area contributed by atoms with Crippen LogP contribution < -0.4 is 4.74 Å². The van der Waals surface area contributed by atoms with Gasteiger partial charge in [0.2, 0.25) is 5.79 Å². The molecule has 1 aliphatic carbocycles. The van der Waals surface area contributed by atoms with Crippen LogP contribution in [0.3, 0.4) is 0 Å². The number of fused-ring (bicyclic) bond motifs is 2. The lowest BCUT2D eigenvalue weighted by Gasteiger charge is -2.51. The topological polar surface area (TPSA) is 79.2 Å². The summed E-state index contributed by atoms with van der Waals surface area (Å²) in [5.74, 6) is -0.134. The van der Waals surface area contributed by atoms with Crippen molar-refractivity contribution in [3.8, 4) is 11.5 Å².